The van der Waals surface area contributed by atoms with Crippen LogP contribution >= 0.6 is 0 Å². The summed E-state index contributed by atoms with van der Waals surface area (Å²) < 4.78 is 1.72. The van der Waals surface area contributed by atoms with Gasteiger partial charge in [-0.25, -0.2) is 9.50 Å². The minimum atomic E-state index is -0.114. The lowest BCUT2D eigenvalue weighted by Crippen LogP contribution is -1.92. The first-order valence-corrected chi connectivity index (χ1v) is 6.53. The van der Waals surface area contributed by atoms with Gasteiger partial charge in [-0.05, 0) is 11.1 Å². The molecular weight excluding hydrogens is 276 g/mol. The van der Waals surface area contributed by atoms with Gasteiger partial charge in [-0.15, -0.1) is 0 Å². The SMILES string of the molecule is N#CC(C#N)=NCc1ccc(-c2cnc3ccnn3c2)cc1. The maximum atomic E-state index is 8.65. The van der Waals surface area contributed by atoms with E-state index in [1.165, 1.54) is 0 Å². The normalized spacial score (nSPS) is 9.91. The van der Waals surface area contributed by atoms with Crippen molar-refractivity contribution in [2.24, 2.45) is 4.99 Å². The Morgan fingerprint density at radius 3 is 2.59 bits per heavy atom. The second kappa shape index (κ2) is 5.86. The molecule has 0 aliphatic carbocycles. The Balaban J connectivity index is 1.83. The maximum Gasteiger partial charge on any atom is 0.213 e. The number of rotatable bonds is 3. The van der Waals surface area contributed by atoms with Gasteiger partial charge in [-0.1, -0.05) is 24.3 Å². The van der Waals surface area contributed by atoms with Crippen molar-refractivity contribution in [2.75, 3.05) is 0 Å². The van der Waals surface area contributed by atoms with Crippen LogP contribution in [0.4, 0.5) is 0 Å². The lowest BCUT2D eigenvalue weighted by Gasteiger charge is -2.03. The van der Waals surface area contributed by atoms with Crippen LogP contribution in [-0.2, 0) is 6.54 Å². The molecule has 0 amide bonds. The van der Waals surface area contributed by atoms with Crippen LogP contribution in [0.2, 0.25) is 0 Å². The molecule has 0 saturated heterocycles. The highest BCUT2D eigenvalue weighted by Crippen LogP contribution is 2.19. The van der Waals surface area contributed by atoms with Gasteiger partial charge in [-0.3, -0.25) is 4.99 Å². The van der Waals surface area contributed by atoms with Crippen LogP contribution in [0.1, 0.15) is 5.56 Å². The summed E-state index contributed by atoms with van der Waals surface area (Å²) in [5, 5.41) is 21.5. The zero-order chi connectivity index (χ0) is 15.4. The van der Waals surface area contributed by atoms with Crippen LogP contribution < -0.4 is 0 Å². The van der Waals surface area contributed by atoms with E-state index in [2.05, 4.69) is 15.1 Å². The fourth-order valence-electron chi connectivity index (χ4n) is 2.03. The summed E-state index contributed by atoms with van der Waals surface area (Å²) >= 11 is 0. The summed E-state index contributed by atoms with van der Waals surface area (Å²) in [6, 6.07) is 13.1. The number of aromatic nitrogens is 3. The summed E-state index contributed by atoms with van der Waals surface area (Å²) in [4.78, 5) is 8.26. The third-order valence-corrected chi connectivity index (χ3v) is 3.17. The second-order valence-corrected chi connectivity index (χ2v) is 4.56. The van der Waals surface area contributed by atoms with Crippen LogP contribution in [0.25, 0.3) is 16.8 Å². The van der Waals surface area contributed by atoms with E-state index in [1.807, 2.05) is 36.5 Å². The van der Waals surface area contributed by atoms with Gasteiger partial charge >= 0.3 is 0 Å². The number of nitriles is 2. The number of hydrogen-bond acceptors (Lipinski definition) is 5. The summed E-state index contributed by atoms with van der Waals surface area (Å²) in [6.07, 6.45) is 5.42. The van der Waals surface area contributed by atoms with Gasteiger partial charge < -0.3 is 0 Å². The highest BCUT2D eigenvalue weighted by atomic mass is 15.2. The standard InChI is InChI=1S/C16H10N6/c17-7-15(8-18)19-9-12-1-3-13(4-2-12)14-10-20-16-5-6-21-22(16)11-14/h1-6,10-11H,9H2. The van der Waals surface area contributed by atoms with Crippen LogP contribution in [0, 0.1) is 22.7 Å². The number of benzene rings is 1. The molecule has 104 valence electrons. The fourth-order valence-corrected chi connectivity index (χ4v) is 2.03. The third kappa shape index (κ3) is 2.67. The number of fused-ring (bicyclic) bond motifs is 1. The summed E-state index contributed by atoms with van der Waals surface area (Å²) in [7, 11) is 0. The fraction of sp³-hybridized carbons (Fsp3) is 0.0625. The average Bonchev–Trinajstić information content (AvgIpc) is 3.04. The largest absolute Gasteiger partial charge is 0.260 e. The molecule has 3 rings (SSSR count). The van der Waals surface area contributed by atoms with Crippen molar-refractivity contribution in [2.45, 2.75) is 6.54 Å². The first-order valence-electron chi connectivity index (χ1n) is 6.53. The van der Waals surface area contributed by atoms with Crippen molar-refractivity contribution < 1.29 is 0 Å². The Kier molecular flexibility index (Phi) is 3.59. The van der Waals surface area contributed by atoms with Crippen LogP contribution in [0.5, 0.6) is 0 Å². The molecule has 0 bridgehead atoms. The minimum Gasteiger partial charge on any atom is -0.260 e. The zero-order valence-corrected chi connectivity index (χ0v) is 11.5. The van der Waals surface area contributed by atoms with E-state index in [-0.39, 0.29) is 5.71 Å². The molecule has 0 atom stereocenters. The predicted molar refractivity (Wildman–Crippen MR) is 80.8 cm³/mol. The van der Waals surface area contributed by atoms with Gasteiger partial charge in [0.1, 0.15) is 12.1 Å². The Hall–Kier alpha value is -3.51. The van der Waals surface area contributed by atoms with Gasteiger partial charge in [-0.2, -0.15) is 15.6 Å². The van der Waals surface area contributed by atoms with E-state index in [0.717, 1.165) is 22.3 Å². The zero-order valence-electron chi connectivity index (χ0n) is 11.5. The van der Waals surface area contributed by atoms with Gasteiger partial charge in [0.05, 0.1) is 12.7 Å². The molecule has 0 radical (unpaired) electrons. The Labute approximate surface area is 126 Å². The highest BCUT2D eigenvalue weighted by molar-refractivity contribution is 6.10. The summed E-state index contributed by atoms with van der Waals surface area (Å²) in [5.41, 5.74) is 3.59. The molecule has 0 aliphatic rings. The molecule has 3 aromatic rings. The molecule has 2 heterocycles. The Bertz CT molecular complexity index is 906. The molecule has 0 N–H and O–H groups in total. The first-order chi connectivity index (χ1) is 10.8. The molecule has 0 unspecified atom stereocenters. The van der Waals surface area contributed by atoms with Crippen molar-refractivity contribution in [3.63, 3.8) is 0 Å². The summed E-state index contributed by atoms with van der Waals surface area (Å²) in [5.74, 6) is 0. The van der Waals surface area contributed by atoms with Crippen LogP contribution in [-0.4, -0.2) is 20.3 Å². The van der Waals surface area contributed by atoms with Crippen molar-refractivity contribution in [1.29, 1.82) is 10.5 Å². The van der Waals surface area contributed by atoms with Crippen molar-refractivity contribution in [3.05, 3.63) is 54.5 Å². The summed E-state index contributed by atoms with van der Waals surface area (Å²) in [6.45, 7) is 0.313. The minimum absolute atomic E-state index is 0.114. The van der Waals surface area contributed by atoms with Gasteiger partial charge in [0.2, 0.25) is 5.71 Å². The molecule has 6 heteroatoms. The quantitative estimate of drug-likeness (QED) is 0.691. The van der Waals surface area contributed by atoms with Gasteiger partial charge in [0.15, 0.2) is 5.65 Å². The molecule has 0 fully saturated rings. The molecule has 0 spiro atoms. The predicted octanol–water partition coefficient (Wildman–Crippen LogP) is 2.38. The smallest absolute Gasteiger partial charge is 0.213 e. The molecular formula is C16H10N6. The van der Waals surface area contributed by atoms with Crippen molar-refractivity contribution in [1.82, 2.24) is 14.6 Å². The first kappa shape index (κ1) is 13.5. The van der Waals surface area contributed by atoms with E-state index in [9.17, 15) is 0 Å². The Morgan fingerprint density at radius 2 is 1.86 bits per heavy atom. The molecule has 6 nitrogen and oxygen atoms in total. The average molecular weight is 286 g/mol. The lowest BCUT2D eigenvalue weighted by molar-refractivity contribution is 0.941. The van der Waals surface area contributed by atoms with E-state index >= 15 is 0 Å². The molecule has 0 aliphatic heterocycles. The number of nitrogens with zero attached hydrogens (tertiary/aromatic N) is 6. The van der Waals surface area contributed by atoms with E-state index in [0.29, 0.717) is 6.54 Å². The van der Waals surface area contributed by atoms with E-state index in [4.69, 9.17) is 10.5 Å². The number of hydrogen-bond donors (Lipinski definition) is 0. The Morgan fingerprint density at radius 1 is 1.09 bits per heavy atom. The van der Waals surface area contributed by atoms with E-state index in [1.54, 1.807) is 29.0 Å². The molecule has 2 aromatic heterocycles. The highest BCUT2D eigenvalue weighted by Gasteiger charge is 2.02. The van der Waals surface area contributed by atoms with Crippen LogP contribution in [0.3, 0.4) is 0 Å². The third-order valence-electron chi connectivity index (χ3n) is 3.17. The van der Waals surface area contributed by atoms with Crippen molar-refractivity contribution >= 4 is 11.4 Å². The van der Waals surface area contributed by atoms with Crippen LogP contribution in [0.15, 0.2) is 53.9 Å². The topological polar surface area (TPSA) is 90.1 Å². The van der Waals surface area contributed by atoms with Gasteiger partial charge in [0, 0.05) is 24.0 Å². The van der Waals surface area contributed by atoms with Crippen molar-refractivity contribution in [3.8, 4) is 23.3 Å². The monoisotopic (exact) mass is 286 g/mol. The van der Waals surface area contributed by atoms with E-state index < -0.39 is 0 Å². The molecule has 1 aromatic carbocycles. The lowest BCUT2D eigenvalue weighted by atomic mass is 10.1. The van der Waals surface area contributed by atoms with Gasteiger partial charge in [0.25, 0.3) is 0 Å². The second-order valence-electron chi connectivity index (χ2n) is 4.56. The number of aliphatic imine (C=N–C) groups is 1. The molecule has 22 heavy (non-hydrogen) atoms. The maximum absolute atomic E-state index is 8.65. The molecule has 0 saturated carbocycles.